The molecule has 5 heteroatoms. The van der Waals surface area contributed by atoms with Crippen molar-refractivity contribution in [1.29, 1.82) is 0 Å². The molecule has 3 aromatic rings. The molecule has 0 bridgehead atoms. The second kappa shape index (κ2) is 5.76. The van der Waals surface area contributed by atoms with Crippen LogP contribution >= 0.6 is 0 Å². The highest BCUT2D eigenvalue weighted by atomic mass is 16.5. The summed E-state index contributed by atoms with van der Waals surface area (Å²) in [6.07, 6.45) is 3.43. The molecule has 0 N–H and O–H groups in total. The number of ether oxygens (including phenoxy) is 2. The van der Waals surface area contributed by atoms with Crippen LogP contribution in [0.3, 0.4) is 0 Å². The van der Waals surface area contributed by atoms with Gasteiger partial charge in [0.2, 0.25) is 0 Å². The third-order valence-electron chi connectivity index (χ3n) is 3.95. The number of aromatic nitrogens is 2. The molecule has 0 fully saturated rings. The molecule has 0 aliphatic carbocycles. The van der Waals surface area contributed by atoms with E-state index in [0.717, 1.165) is 33.6 Å². The van der Waals surface area contributed by atoms with Crippen molar-refractivity contribution in [2.45, 2.75) is 6.92 Å². The summed E-state index contributed by atoms with van der Waals surface area (Å²) in [6.45, 7) is 1.96. The molecule has 23 heavy (non-hydrogen) atoms. The van der Waals surface area contributed by atoms with E-state index in [4.69, 9.17) is 9.47 Å². The molecule has 0 amide bonds. The van der Waals surface area contributed by atoms with Crippen molar-refractivity contribution in [1.82, 2.24) is 9.55 Å². The lowest BCUT2D eigenvalue weighted by atomic mass is 10.00. The predicted molar refractivity (Wildman–Crippen MR) is 90.3 cm³/mol. The molecule has 0 aliphatic heterocycles. The van der Waals surface area contributed by atoms with Gasteiger partial charge in [0.25, 0.3) is 5.56 Å². The Morgan fingerprint density at radius 1 is 1.09 bits per heavy atom. The van der Waals surface area contributed by atoms with Gasteiger partial charge in [-0.05, 0) is 30.7 Å². The summed E-state index contributed by atoms with van der Waals surface area (Å²) >= 11 is 0. The molecular formula is C18H18N2O3. The van der Waals surface area contributed by atoms with E-state index >= 15 is 0 Å². The first-order chi connectivity index (χ1) is 11.1. The maximum Gasteiger partial charge on any atom is 0.276 e. The third-order valence-corrected chi connectivity index (χ3v) is 3.95. The fraction of sp³-hybridized carbons (Fsp3) is 0.222. The van der Waals surface area contributed by atoms with Crippen LogP contribution in [0.15, 0.2) is 41.5 Å². The number of aryl methyl sites for hydroxylation is 2. The quantitative estimate of drug-likeness (QED) is 0.746. The van der Waals surface area contributed by atoms with Crippen molar-refractivity contribution in [3.8, 4) is 22.6 Å². The van der Waals surface area contributed by atoms with Gasteiger partial charge in [-0.1, -0.05) is 6.07 Å². The molecule has 5 nitrogen and oxygen atoms in total. The average molecular weight is 310 g/mol. The molecule has 1 aromatic carbocycles. The fourth-order valence-electron chi connectivity index (χ4n) is 2.76. The minimum Gasteiger partial charge on any atom is -0.496 e. The maximum absolute atomic E-state index is 12.3. The third kappa shape index (κ3) is 2.44. The fourth-order valence-corrected chi connectivity index (χ4v) is 2.76. The van der Waals surface area contributed by atoms with Crippen molar-refractivity contribution in [3.05, 3.63) is 52.6 Å². The molecule has 118 valence electrons. The summed E-state index contributed by atoms with van der Waals surface area (Å²) in [6, 6.07) is 7.58. The molecule has 2 heterocycles. The van der Waals surface area contributed by atoms with E-state index in [1.165, 1.54) is 4.57 Å². The summed E-state index contributed by atoms with van der Waals surface area (Å²) in [5.41, 5.74) is 3.05. The molecule has 0 aliphatic rings. The number of rotatable bonds is 3. The number of methoxy groups -OCH3 is 2. The number of benzene rings is 1. The van der Waals surface area contributed by atoms with Gasteiger partial charge in [0.15, 0.2) is 0 Å². The van der Waals surface area contributed by atoms with Crippen LogP contribution in [0.1, 0.15) is 5.56 Å². The highest BCUT2D eigenvalue weighted by Gasteiger charge is 2.15. The zero-order chi connectivity index (χ0) is 16.6. The molecule has 0 saturated heterocycles. The van der Waals surface area contributed by atoms with Gasteiger partial charge in [-0.25, -0.2) is 0 Å². The summed E-state index contributed by atoms with van der Waals surface area (Å²) in [4.78, 5) is 16.5. The molecule has 0 saturated carbocycles. The molecule has 0 spiro atoms. The van der Waals surface area contributed by atoms with Crippen LogP contribution in [-0.2, 0) is 7.05 Å². The first kappa shape index (κ1) is 15.1. The predicted octanol–water partition coefficient (Wildman–Crippen LogP) is 2.93. The molecule has 0 atom stereocenters. The second-order valence-electron chi connectivity index (χ2n) is 5.38. The molecule has 0 unspecified atom stereocenters. The van der Waals surface area contributed by atoms with Gasteiger partial charge in [0.05, 0.1) is 14.2 Å². The van der Waals surface area contributed by atoms with Crippen molar-refractivity contribution in [2.75, 3.05) is 14.2 Å². The van der Waals surface area contributed by atoms with E-state index in [-0.39, 0.29) is 5.56 Å². The largest absolute Gasteiger partial charge is 0.496 e. The SMILES string of the molecule is COc1cc(-c2cn(C)c(=O)c3ncccc23)c(OC)cc1C. The van der Waals surface area contributed by atoms with Crippen LogP contribution in [0.2, 0.25) is 0 Å². The summed E-state index contributed by atoms with van der Waals surface area (Å²) in [7, 11) is 4.99. The highest BCUT2D eigenvalue weighted by molar-refractivity contribution is 5.95. The van der Waals surface area contributed by atoms with Crippen molar-refractivity contribution >= 4 is 10.9 Å². The van der Waals surface area contributed by atoms with Gasteiger partial charge >= 0.3 is 0 Å². The first-order valence-electron chi connectivity index (χ1n) is 7.24. The number of pyridine rings is 2. The molecular weight excluding hydrogens is 292 g/mol. The van der Waals surface area contributed by atoms with Crippen LogP contribution in [0, 0.1) is 6.92 Å². The van der Waals surface area contributed by atoms with Crippen molar-refractivity contribution in [2.24, 2.45) is 7.05 Å². The zero-order valence-electron chi connectivity index (χ0n) is 13.6. The molecule has 0 radical (unpaired) electrons. The average Bonchev–Trinajstić information content (AvgIpc) is 2.58. The van der Waals surface area contributed by atoms with Crippen LogP contribution in [0.4, 0.5) is 0 Å². The summed E-state index contributed by atoms with van der Waals surface area (Å²) in [5.74, 6) is 1.50. The number of hydrogen-bond donors (Lipinski definition) is 0. The van der Waals surface area contributed by atoms with E-state index in [0.29, 0.717) is 5.52 Å². The minimum atomic E-state index is -0.123. The second-order valence-corrected chi connectivity index (χ2v) is 5.38. The Bertz CT molecular complexity index is 945. The Morgan fingerprint density at radius 3 is 2.52 bits per heavy atom. The lowest BCUT2D eigenvalue weighted by Crippen LogP contribution is -2.17. The normalized spacial score (nSPS) is 10.8. The minimum absolute atomic E-state index is 0.123. The van der Waals surface area contributed by atoms with Gasteiger partial charge in [-0.3, -0.25) is 9.78 Å². The Balaban J connectivity index is 2.42. The molecule has 3 rings (SSSR count). The number of hydrogen-bond acceptors (Lipinski definition) is 4. The van der Waals surface area contributed by atoms with E-state index in [9.17, 15) is 4.79 Å². The topological polar surface area (TPSA) is 53.4 Å². The van der Waals surface area contributed by atoms with E-state index in [1.807, 2.05) is 31.2 Å². The van der Waals surface area contributed by atoms with Gasteiger partial charge in [-0.2, -0.15) is 0 Å². The standard InChI is InChI=1S/C18H18N2O3/c1-11-8-16(23-4)13(9-15(11)22-3)14-10-20(2)18(21)17-12(14)6-5-7-19-17/h5-10H,1-4H3. The number of fused-ring (bicyclic) bond motifs is 1. The zero-order valence-corrected chi connectivity index (χ0v) is 13.6. The summed E-state index contributed by atoms with van der Waals surface area (Å²) in [5, 5.41) is 0.791. The van der Waals surface area contributed by atoms with E-state index in [1.54, 1.807) is 33.7 Å². The van der Waals surface area contributed by atoms with Crippen LogP contribution in [0.25, 0.3) is 22.0 Å². The Hall–Kier alpha value is -2.82. The lowest BCUT2D eigenvalue weighted by molar-refractivity contribution is 0.402. The van der Waals surface area contributed by atoms with Crippen molar-refractivity contribution < 1.29 is 9.47 Å². The number of nitrogens with zero attached hydrogens (tertiary/aromatic N) is 2. The van der Waals surface area contributed by atoms with E-state index in [2.05, 4.69) is 4.98 Å². The van der Waals surface area contributed by atoms with Crippen LogP contribution < -0.4 is 15.0 Å². The van der Waals surface area contributed by atoms with Gasteiger partial charge in [-0.15, -0.1) is 0 Å². The lowest BCUT2D eigenvalue weighted by Gasteiger charge is -2.15. The van der Waals surface area contributed by atoms with Crippen LogP contribution in [-0.4, -0.2) is 23.8 Å². The molecule has 2 aromatic heterocycles. The van der Waals surface area contributed by atoms with E-state index < -0.39 is 0 Å². The van der Waals surface area contributed by atoms with Gasteiger partial charge in [0.1, 0.15) is 17.0 Å². The van der Waals surface area contributed by atoms with Gasteiger partial charge in [0, 0.05) is 36.0 Å². The smallest absolute Gasteiger partial charge is 0.276 e. The monoisotopic (exact) mass is 310 g/mol. The Morgan fingerprint density at radius 2 is 1.83 bits per heavy atom. The maximum atomic E-state index is 12.3. The van der Waals surface area contributed by atoms with Crippen molar-refractivity contribution in [3.63, 3.8) is 0 Å². The van der Waals surface area contributed by atoms with Crippen LogP contribution in [0.5, 0.6) is 11.5 Å². The first-order valence-corrected chi connectivity index (χ1v) is 7.24. The Labute approximate surface area is 134 Å². The summed E-state index contributed by atoms with van der Waals surface area (Å²) < 4.78 is 12.5. The van der Waals surface area contributed by atoms with Gasteiger partial charge < -0.3 is 14.0 Å². The Kier molecular flexibility index (Phi) is 3.78. The highest BCUT2D eigenvalue weighted by Crippen LogP contribution is 2.38.